The van der Waals surface area contributed by atoms with Gasteiger partial charge in [0.15, 0.2) is 22.9 Å². The Morgan fingerprint density at radius 2 is 1.65 bits per heavy atom. The van der Waals surface area contributed by atoms with E-state index < -0.39 is 42.5 Å². The highest BCUT2D eigenvalue weighted by atomic mass is 16.7. The molecule has 1 aliphatic rings. The van der Waals surface area contributed by atoms with Gasteiger partial charge in [0, 0.05) is 26.8 Å². The van der Waals surface area contributed by atoms with E-state index in [4.69, 9.17) is 32.8 Å². The Labute approximate surface area is 213 Å². The van der Waals surface area contributed by atoms with Crippen LogP contribution in [0.5, 0.6) is 11.5 Å². The predicted octanol–water partition coefficient (Wildman–Crippen LogP) is 3.28. The Bertz CT molecular complexity index is 1150. The molecular formula is C26H32O11. The Kier molecular flexibility index (Phi) is 9.90. The van der Waals surface area contributed by atoms with Crippen LogP contribution in [0.1, 0.15) is 53.4 Å². The summed E-state index contributed by atoms with van der Waals surface area (Å²) >= 11 is 0. The molecule has 2 aromatic rings. The minimum absolute atomic E-state index is 0.161. The lowest BCUT2D eigenvalue weighted by Gasteiger charge is -2.24. The maximum absolute atomic E-state index is 12.4. The number of hydrogen-bond acceptors (Lipinski definition) is 11. The van der Waals surface area contributed by atoms with Gasteiger partial charge >= 0.3 is 17.9 Å². The molecule has 0 unspecified atom stereocenters. The third-order valence-electron chi connectivity index (χ3n) is 5.56. The van der Waals surface area contributed by atoms with Crippen LogP contribution < -0.4 is 14.9 Å². The van der Waals surface area contributed by atoms with Gasteiger partial charge in [-0.15, -0.1) is 0 Å². The molecule has 1 aromatic carbocycles. The minimum atomic E-state index is -1.26. The normalized spacial score (nSPS) is 20.9. The van der Waals surface area contributed by atoms with Crippen LogP contribution in [0.25, 0.3) is 11.0 Å². The van der Waals surface area contributed by atoms with Crippen molar-refractivity contribution >= 4 is 28.9 Å². The number of rotatable bonds is 12. The molecule has 1 fully saturated rings. The molecule has 0 amide bonds. The van der Waals surface area contributed by atoms with Crippen molar-refractivity contribution in [3.05, 3.63) is 34.7 Å². The second kappa shape index (κ2) is 13.1. The fourth-order valence-corrected chi connectivity index (χ4v) is 3.94. The number of carbonyl (C=O) groups is 3. The summed E-state index contributed by atoms with van der Waals surface area (Å²) in [6, 6.07) is 4.35. The van der Waals surface area contributed by atoms with E-state index in [1.807, 2.05) is 0 Å². The summed E-state index contributed by atoms with van der Waals surface area (Å²) in [5.41, 5.74) is -0.0644. The average molecular weight is 521 g/mol. The molecule has 0 N–H and O–H groups in total. The predicted molar refractivity (Wildman–Crippen MR) is 129 cm³/mol. The van der Waals surface area contributed by atoms with Crippen molar-refractivity contribution < 1.29 is 47.2 Å². The van der Waals surface area contributed by atoms with Crippen molar-refractivity contribution in [2.45, 2.75) is 78.0 Å². The van der Waals surface area contributed by atoms with E-state index in [1.165, 1.54) is 45.2 Å². The third-order valence-corrected chi connectivity index (χ3v) is 5.56. The second-order valence-electron chi connectivity index (χ2n) is 8.57. The van der Waals surface area contributed by atoms with Crippen LogP contribution in [0, 0.1) is 0 Å². The van der Waals surface area contributed by atoms with Gasteiger partial charge in [0.05, 0.1) is 18.3 Å². The van der Waals surface area contributed by atoms with Crippen LogP contribution in [-0.2, 0) is 33.3 Å². The summed E-state index contributed by atoms with van der Waals surface area (Å²) in [6.45, 7) is 5.79. The summed E-state index contributed by atoms with van der Waals surface area (Å²) in [7, 11) is 0. The number of carbonyl (C=O) groups excluding carboxylic acids is 3. The first-order chi connectivity index (χ1) is 17.7. The quantitative estimate of drug-likeness (QED) is 0.232. The van der Waals surface area contributed by atoms with Crippen molar-refractivity contribution in [2.75, 3.05) is 13.2 Å². The smallest absolute Gasteiger partial charge is 0.303 e. The van der Waals surface area contributed by atoms with Crippen LogP contribution in [0.15, 0.2) is 33.7 Å². The number of benzene rings is 1. The Morgan fingerprint density at radius 1 is 0.919 bits per heavy atom. The van der Waals surface area contributed by atoms with E-state index in [2.05, 4.69) is 6.92 Å². The number of hydrogen-bond donors (Lipinski definition) is 0. The van der Waals surface area contributed by atoms with E-state index >= 15 is 0 Å². The molecule has 1 aromatic heterocycles. The van der Waals surface area contributed by atoms with Crippen LogP contribution in [0.4, 0.5) is 0 Å². The first-order valence-corrected chi connectivity index (χ1v) is 12.2. The molecule has 0 saturated carbocycles. The Hall–Kier alpha value is -3.60. The number of esters is 3. The summed E-state index contributed by atoms with van der Waals surface area (Å²) in [5.74, 6) is -1.53. The number of fused-ring (bicyclic) bond motifs is 1. The summed E-state index contributed by atoms with van der Waals surface area (Å²) < 4.78 is 39.4. The van der Waals surface area contributed by atoms with Crippen molar-refractivity contribution in [1.29, 1.82) is 0 Å². The van der Waals surface area contributed by atoms with Gasteiger partial charge in [0.1, 0.15) is 12.7 Å². The van der Waals surface area contributed by atoms with Crippen molar-refractivity contribution in [1.82, 2.24) is 0 Å². The van der Waals surface area contributed by atoms with Crippen LogP contribution in [-0.4, -0.2) is 55.7 Å². The number of ether oxygens (including phenoxy) is 6. The van der Waals surface area contributed by atoms with Gasteiger partial charge in [-0.05, 0) is 18.6 Å². The molecule has 3 rings (SSSR count). The van der Waals surface area contributed by atoms with Gasteiger partial charge in [0.2, 0.25) is 18.1 Å². The fraction of sp³-hybridized carbons (Fsp3) is 0.538. The molecule has 2 heterocycles. The first kappa shape index (κ1) is 28.0. The molecule has 0 aliphatic carbocycles. The van der Waals surface area contributed by atoms with Crippen molar-refractivity contribution in [2.24, 2.45) is 0 Å². The largest absolute Gasteiger partial charge is 0.486 e. The molecule has 11 nitrogen and oxygen atoms in total. The van der Waals surface area contributed by atoms with Crippen LogP contribution in [0.3, 0.4) is 0 Å². The molecule has 37 heavy (non-hydrogen) atoms. The SMILES string of the molecule is CCCCCCOc1c(O[C@H]2O[C@H](COC(C)=O)[C@@H](OC(C)=O)[C@@H]2OC(C)=O)ccc2c(=O)ccoc12. The fourth-order valence-electron chi connectivity index (χ4n) is 3.94. The highest BCUT2D eigenvalue weighted by molar-refractivity contribution is 5.85. The Morgan fingerprint density at radius 3 is 2.32 bits per heavy atom. The van der Waals surface area contributed by atoms with Gasteiger partial charge in [-0.3, -0.25) is 19.2 Å². The summed E-state index contributed by atoms with van der Waals surface area (Å²) in [4.78, 5) is 47.4. The zero-order chi connectivity index (χ0) is 26.9. The van der Waals surface area contributed by atoms with Gasteiger partial charge in [-0.25, -0.2) is 0 Å². The van der Waals surface area contributed by atoms with Gasteiger partial charge < -0.3 is 32.8 Å². The molecule has 1 aliphatic heterocycles. The Balaban J connectivity index is 1.94. The molecule has 1 saturated heterocycles. The van der Waals surface area contributed by atoms with E-state index in [0.717, 1.165) is 25.7 Å². The number of unbranched alkanes of at least 4 members (excludes halogenated alkanes) is 3. The maximum Gasteiger partial charge on any atom is 0.303 e. The van der Waals surface area contributed by atoms with Gasteiger partial charge in [-0.2, -0.15) is 0 Å². The maximum atomic E-state index is 12.4. The van der Waals surface area contributed by atoms with E-state index in [0.29, 0.717) is 12.0 Å². The van der Waals surface area contributed by atoms with Crippen molar-refractivity contribution in [3.8, 4) is 11.5 Å². The van der Waals surface area contributed by atoms with Crippen molar-refractivity contribution in [3.63, 3.8) is 0 Å². The highest BCUT2D eigenvalue weighted by Gasteiger charge is 2.51. The third kappa shape index (κ3) is 7.45. The standard InChI is InChI=1S/C26H32O11/c1-5-6-7-8-12-31-23-20(10-9-18-19(30)11-13-32-22(18)23)36-26-25(35-17(4)29)24(34-16(3)28)21(37-26)14-33-15(2)27/h9-11,13,21,24-26H,5-8,12,14H2,1-4H3/t21-,24-,25+,26+/m1/s1. The lowest BCUT2D eigenvalue weighted by atomic mass is 10.1. The minimum Gasteiger partial charge on any atom is -0.486 e. The van der Waals surface area contributed by atoms with E-state index in [1.54, 1.807) is 0 Å². The van der Waals surface area contributed by atoms with Crippen LogP contribution >= 0.6 is 0 Å². The molecule has 4 atom stereocenters. The lowest BCUT2D eigenvalue weighted by Crippen LogP contribution is -2.42. The molecule has 0 radical (unpaired) electrons. The summed E-state index contributed by atoms with van der Waals surface area (Å²) in [6.07, 6.45) is 0.588. The van der Waals surface area contributed by atoms with E-state index in [-0.39, 0.29) is 29.1 Å². The molecule has 202 valence electrons. The second-order valence-corrected chi connectivity index (χ2v) is 8.57. The molecular weight excluding hydrogens is 488 g/mol. The van der Waals surface area contributed by atoms with Gasteiger partial charge in [-0.1, -0.05) is 26.2 Å². The average Bonchev–Trinajstić information content (AvgIpc) is 3.13. The van der Waals surface area contributed by atoms with Gasteiger partial charge in [0.25, 0.3) is 0 Å². The first-order valence-electron chi connectivity index (χ1n) is 12.2. The summed E-state index contributed by atoms with van der Waals surface area (Å²) in [5, 5.41) is 0.299. The topological polar surface area (TPSA) is 137 Å². The molecule has 11 heteroatoms. The monoisotopic (exact) mass is 520 g/mol. The molecule has 0 bridgehead atoms. The molecule has 0 spiro atoms. The van der Waals surface area contributed by atoms with Crippen LogP contribution in [0.2, 0.25) is 0 Å². The highest BCUT2D eigenvalue weighted by Crippen LogP contribution is 2.38. The van der Waals surface area contributed by atoms with E-state index in [9.17, 15) is 19.2 Å². The zero-order valence-electron chi connectivity index (χ0n) is 21.4. The zero-order valence-corrected chi connectivity index (χ0v) is 21.4. The lowest BCUT2D eigenvalue weighted by molar-refractivity contribution is -0.170.